The fourth-order valence-electron chi connectivity index (χ4n) is 3.99. The maximum absolute atomic E-state index is 13.1. The van der Waals surface area contributed by atoms with E-state index in [0.717, 1.165) is 33.4 Å². The molecule has 0 heterocycles. The van der Waals surface area contributed by atoms with E-state index in [1.54, 1.807) is 24.3 Å². The minimum atomic E-state index is -0.267. The van der Waals surface area contributed by atoms with Crippen molar-refractivity contribution in [2.75, 3.05) is 10.6 Å². The summed E-state index contributed by atoms with van der Waals surface area (Å²) < 4.78 is 43.9. The molecule has 4 rings (SSSR count). The first-order valence-corrected chi connectivity index (χ1v) is 12.9. The van der Waals surface area contributed by atoms with Crippen LogP contribution in [0.25, 0.3) is 0 Å². The van der Waals surface area contributed by atoms with Gasteiger partial charge in [0.1, 0.15) is 24.1 Å². The van der Waals surface area contributed by atoms with Gasteiger partial charge in [0.25, 0.3) is 0 Å². The molecule has 0 bridgehead atoms. The van der Waals surface area contributed by atoms with Crippen LogP contribution in [0.4, 0.5) is 20.2 Å². The van der Waals surface area contributed by atoms with Crippen LogP contribution in [0.2, 0.25) is 0 Å². The largest absolute Gasteiger partial charge is 0.416 e. The highest BCUT2D eigenvalue weighted by Gasteiger charge is 2.08. The van der Waals surface area contributed by atoms with Crippen LogP contribution in [0.15, 0.2) is 97.1 Å². The van der Waals surface area contributed by atoms with Crippen molar-refractivity contribution in [1.82, 2.24) is 0 Å². The third kappa shape index (κ3) is 9.87. The second kappa shape index (κ2) is 14.5. The highest BCUT2D eigenvalue weighted by atomic mass is 19.1. The molecule has 0 amide bonds. The molecule has 0 saturated carbocycles. The predicted molar refractivity (Wildman–Crippen MR) is 156 cm³/mol. The molecule has 0 aliphatic carbocycles. The first-order valence-electron chi connectivity index (χ1n) is 12.9. The van der Waals surface area contributed by atoms with Gasteiger partial charge in [-0.1, -0.05) is 59.5 Å². The molecule has 0 spiro atoms. The average molecular weight is 528 g/mol. The van der Waals surface area contributed by atoms with Gasteiger partial charge in [-0.15, -0.1) is 0 Å². The molecule has 9 heteroatoms. The molecule has 2 unspecified atom stereocenters. The SMILES string of the molecule is CC(Nc1ccc(F)cc1)OBc1cccc(COCc2cccc(BOC(C)Nc3ccc(F)cc3)c2)c1. The van der Waals surface area contributed by atoms with Crippen LogP contribution in [0.3, 0.4) is 0 Å². The summed E-state index contributed by atoms with van der Waals surface area (Å²) in [5, 5.41) is 6.40. The molecule has 4 aromatic carbocycles. The van der Waals surface area contributed by atoms with Gasteiger partial charge in [0.15, 0.2) is 0 Å². The number of nitrogens with one attached hydrogen (secondary N) is 2. The summed E-state index contributed by atoms with van der Waals surface area (Å²) in [6.07, 6.45) is -0.457. The van der Waals surface area contributed by atoms with Crippen molar-refractivity contribution in [3.05, 3.63) is 120 Å². The van der Waals surface area contributed by atoms with Gasteiger partial charge in [-0.25, -0.2) is 8.78 Å². The Labute approximate surface area is 230 Å². The fourth-order valence-corrected chi connectivity index (χ4v) is 3.99. The first-order chi connectivity index (χ1) is 18.9. The van der Waals surface area contributed by atoms with Crippen LogP contribution in [0.1, 0.15) is 25.0 Å². The zero-order valence-electron chi connectivity index (χ0n) is 22.2. The van der Waals surface area contributed by atoms with Gasteiger partial charge >= 0.3 is 15.0 Å². The average Bonchev–Trinajstić information content (AvgIpc) is 2.94. The van der Waals surface area contributed by atoms with Gasteiger partial charge in [0.05, 0.1) is 13.2 Å². The van der Waals surface area contributed by atoms with Crippen LogP contribution < -0.4 is 21.6 Å². The summed E-state index contributed by atoms with van der Waals surface area (Å²) in [5.74, 6) is -0.533. The van der Waals surface area contributed by atoms with Crippen molar-refractivity contribution >= 4 is 37.3 Å². The van der Waals surface area contributed by atoms with Crippen LogP contribution in [0, 0.1) is 11.6 Å². The lowest BCUT2D eigenvalue weighted by atomic mass is 9.87. The summed E-state index contributed by atoms with van der Waals surface area (Å²) in [7, 11) is 0.888. The Hall–Kier alpha value is -3.65. The molecule has 0 saturated heterocycles. The third-order valence-electron chi connectivity index (χ3n) is 5.95. The van der Waals surface area contributed by atoms with E-state index in [2.05, 4.69) is 22.8 Å². The lowest BCUT2D eigenvalue weighted by Crippen LogP contribution is -2.27. The van der Waals surface area contributed by atoms with E-state index < -0.39 is 0 Å². The molecule has 2 N–H and O–H groups in total. The number of anilines is 2. The molecule has 0 aliphatic rings. The van der Waals surface area contributed by atoms with E-state index in [4.69, 9.17) is 14.0 Å². The molecule has 0 aromatic heterocycles. The van der Waals surface area contributed by atoms with E-state index in [1.807, 2.05) is 50.2 Å². The third-order valence-corrected chi connectivity index (χ3v) is 5.95. The number of rotatable bonds is 14. The molecule has 5 nitrogen and oxygen atoms in total. The fraction of sp³-hybridized carbons (Fsp3) is 0.200. The van der Waals surface area contributed by atoms with Crippen LogP contribution >= 0.6 is 0 Å². The van der Waals surface area contributed by atoms with Crippen molar-refractivity contribution in [3.8, 4) is 0 Å². The monoisotopic (exact) mass is 528 g/mol. The Morgan fingerprint density at radius 1 is 0.615 bits per heavy atom. The van der Waals surface area contributed by atoms with Crippen LogP contribution in [-0.2, 0) is 27.3 Å². The molecule has 39 heavy (non-hydrogen) atoms. The van der Waals surface area contributed by atoms with E-state index in [0.29, 0.717) is 28.2 Å². The number of hydrogen-bond acceptors (Lipinski definition) is 5. The maximum atomic E-state index is 13.1. The maximum Gasteiger partial charge on any atom is 0.311 e. The minimum absolute atomic E-state index is 0.228. The smallest absolute Gasteiger partial charge is 0.311 e. The molecule has 2 atom stereocenters. The molecule has 0 fully saturated rings. The number of halogens is 2. The van der Waals surface area contributed by atoms with Gasteiger partial charge < -0.3 is 24.7 Å². The lowest BCUT2D eigenvalue weighted by Gasteiger charge is -2.16. The zero-order valence-corrected chi connectivity index (χ0v) is 22.2. The summed E-state index contributed by atoms with van der Waals surface area (Å²) in [5.41, 5.74) is 5.83. The summed E-state index contributed by atoms with van der Waals surface area (Å²) in [4.78, 5) is 0. The van der Waals surface area contributed by atoms with E-state index in [1.165, 1.54) is 24.3 Å². The van der Waals surface area contributed by atoms with Crippen LogP contribution in [0.5, 0.6) is 0 Å². The normalized spacial score (nSPS) is 12.4. The second-order valence-corrected chi connectivity index (χ2v) is 9.34. The predicted octanol–water partition coefficient (Wildman–Crippen LogP) is 4.58. The van der Waals surface area contributed by atoms with Gasteiger partial charge in [-0.3, -0.25) is 0 Å². The standard InChI is InChI=1S/C30H32B2F2N2O3/c1-21(35-29-13-9-27(33)10-14-29)38-31-25-7-3-5-23(17-25)19-37-20-24-6-4-8-26(18-24)32-39-22(2)36-30-15-11-28(34)12-16-30/h3-18,21-22,31-32,35-36H,19-20H2,1-2H3. The second-order valence-electron chi connectivity index (χ2n) is 9.34. The lowest BCUT2D eigenvalue weighted by molar-refractivity contribution is 0.107. The van der Waals surface area contributed by atoms with Crippen LogP contribution in [-0.4, -0.2) is 27.4 Å². The Balaban J connectivity index is 1.18. The topological polar surface area (TPSA) is 51.8 Å². The first kappa shape index (κ1) is 28.4. The Bertz CT molecular complexity index is 1210. The Morgan fingerprint density at radius 3 is 1.44 bits per heavy atom. The van der Waals surface area contributed by atoms with Gasteiger partial charge in [-0.05, 0) is 73.5 Å². The molecule has 0 aliphatic heterocycles. The highest BCUT2D eigenvalue weighted by molar-refractivity contribution is 6.47. The molecule has 200 valence electrons. The molecular weight excluding hydrogens is 496 g/mol. The van der Waals surface area contributed by atoms with Crippen molar-refractivity contribution in [2.24, 2.45) is 0 Å². The highest BCUT2D eigenvalue weighted by Crippen LogP contribution is 2.11. The summed E-state index contributed by atoms with van der Waals surface area (Å²) >= 11 is 0. The zero-order chi connectivity index (χ0) is 27.5. The van der Waals surface area contributed by atoms with E-state index >= 15 is 0 Å². The van der Waals surface area contributed by atoms with E-state index in [-0.39, 0.29) is 24.1 Å². The van der Waals surface area contributed by atoms with Crippen molar-refractivity contribution in [3.63, 3.8) is 0 Å². The molecule has 4 aromatic rings. The summed E-state index contributed by atoms with van der Waals surface area (Å²) in [6, 6.07) is 28.6. The van der Waals surface area contributed by atoms with Crippen molar-refractivity contribution < 1.29 is 22.8 Å². The van der Waals surface area contributed by atoms with Crippen molar-refractivity contribution in [2.45, 2.75) is 39.5 Å². The molecular formula is C30H32B2F2N2O3. The van der Waals surface area contributed by atoms with Crippen molar-refractivity contribution in [1.29, 1.82) is 0 Å². The van der Waals surface area contributed by atoms with Gasteiger partial charge in [-0.2, -0.15) is 0 Å². The quantitative estimate of drug-likeness (QED) is 0.186. The van der Waals surface area contributed by atoms with E-state index in [9.17, 15) is 8.78 Å². The number of ether oxygens (including phenoxy) is 1. The number of hydrogen-bond donors (Lipinski definition) is 2. The summed E-state index contributed by atoms with van der Waals surface area (Å²) in [6.45, 7) is 4.80. The van der Waals surface area contributed by atoms with Gasteiger partial charge in [0.2, 0.25) is 0 Å². The van der Waals surface area contributed by atoms with Gasteiger partial charge in [0, 0.05) is 11.4 Å². The Morgan fingerprint density at radius 2 is 1.03 bits per heavy atom. The Kier molecular flexibility index (Phi) is 10.5. The molecule has 0 radical (unpaired) electrons. The minimum Gasteiger partial charge on any atom is -0.416 e. The number of benzene rings is 4.